The summed E-state index contributed by atoms with van der Waals surface area (Å²) in [6.45, 7) is 0. The number of nitro groups is 5. The molecule has 29 heavy (non-hydrogen) atoms. The van der Waals surface area contributed by atoms with Crippen LogP contribution in [0.2, 0.25) is 0 Å². The molecular weight excluding hydrogens is 398 g/mol. The van der Waals surface area contributed by atoms with Crippen molar-refractivity contribution in [1.82, 2.24) is 0 Å². The molecule has 3 rings (SSSR count). The second kappa shape index (κ2) is 6.41. The van der Waals surface area contributed by atoms with Gasteiger partial charge in [-0.05, 0) is 6.07 Å². The summed E-state index contributed by atoms with van der Waals surface area (Å²) in [5.41, 5.74) is -6.94. The Balaban J connectivity index is 2.87. The number of hydrogen-bond acceptors (Lipinski definition) is 10. The topological polar surface area (TPSA) is 216 Å². The first-order chi connectivity index (χ1) is 13.6. The van der Waals surface area contributed by atoms with E-state index in [-0.39, 0.29) is 10.8 Å². The van der Waals surface area contributed by atoms with Crippen molar-refractivity contribution in [3.8, 4) is 0 Å². The Labute approximate surface area is 156 Å². The van der Waals surface area contributed by atoms with Gasteiger partial charge in [0, 0.05) is 11.5 Å². The van der Waals surface area contributed by atoms with E-state index >= 15 is 0 Å². The van der Waals surface area contributed by atoms with E-state index < -0.39 is 63.8 Å². The van der Waals surface area contributed by atoms with Crippen LogP contribution in [0.4, 0.5) is 28.4 Å². The lowest BCUT2D eigenvalue weighted by molar-refractivity contribution is -0.450. The molecule has 15 nitrogen and oxygen atoms in total. The molecule has 0 aromatic heterocycles. The van der Waals surface area contributed by atoms with Gasteiger partial charge >= 0.3 is 22.7 Å². The number of benzene rings is 3. The SMILES string of the molecule is O=[N+]([O-])c1c([N+](=O)[O-])c([N+](=O)[O-])c2c(cc([N+](=O)[O-])c3ccccc32)c1[N+](=O)[O-]. The maximum Gasteiger partial charge on any atom is 0.430 e. The molecule has 0 aliphatic rings. The lowest BCUT2D eigenvalue weighted by Crippen LogP contribution is -2.07. The maximum atomic E-state index is 11.6. The van der Waals surface area contributed by atoms with Gasteiger partial charge in [-0.1, -0.05) is 18.2 Å². The molecule has 146 valence electrons. The van der Waals surface area contributed by atoms with Gasteiger partial charge in [0.15, 0.2) is 0 Å². The van der Waals surface area contributed by atoms with Crippen LogP contribution in [0.5, 0.6) is 0 Å². The molecule has 0 bridgehead atoms. The number of nitrogens with zero attached hydrogens (tertiary/aromatic N) is 5. The first-order valence-electron chi connectivity index (χ1n) is 7.35. The minimum absolute atomic E-state index is 0.189. The predicted octanol–water partition coefficient (Wildman–Crippen LogP) is 3.53. The quantitative estimate of drug-likeness (QED) is 0.342. The average molecular weight is 403 g/mol. The number of rotatable bonds is 5. The molecule has 0 aliphatic heterocycles. The Morgan fingerprint density at radius 3 is 1.41 bits per heavy atom. The van der Waals surface area contributed by atoms with Crippen LogP contribution >= 0.6 is 0 Å². The fourth-order valence-corrected chi connectivity index (χ4v) is 3.13. The third-order valence-corrected chi connectivity index (χ3v) is 4.11. The van der Waals surface area contributed by atoms with E-state index in [0.29, 0.717) is 6.07 Å². The molecule has 0 N–H and O–H groups in total. The summed E-state index contributed by atoms with van der Waals surface area (Å²) in [6, 6.07) is 5.54. The Bertz CT molecular complexity index is 1300. The predicted molar refractivity (Wildman–Crippen MR) is 94.7 cm³/mol. The molecule has 0 fully saturated rings. The molecule has 0 amide bonds. The van der Waals surface area contributed by atoms with E-state index in [1.54, 1.807) is 0 Å². The van der Waals surface area contributed by atoms with Crippen molar-refractivity contribution in [1.29, 1.82) is 0 Å². The third kappa shape index (κ3) is 2.69. The molecule has 0 saturated heterocycles. The zero-order chi connectivity index (χ0) is 21.6. The van der Waals surface area contributed by atoms with E-state index in [1.807, 2.05) is 0 Å². The zero-order valence-corrected chi connectivity index (χ0v) is 13.7. The van der Waals surface area contributed by atoms with Gasteiger partial charge in [-0.25, -0.2) is 0 Å². The Morgan fingerprint density at radius 2 is 0.966 bits per heavy atom. The second-order valence-corrected chi connectivity index (χ2v) is 5.54. The highest BCUT2D eigenvalue weighted by Crippen LogP contribution is 2.52. The Kier molecular flexibility index (Phi) is 4.19. The van der Waals surface area contributed by atoms with E-state index in [2.05, 4.69) is 0 Å². The number of nitro benzene ring substituents is 5. The van der Waals surface area contributed by atoms with Crippen LogP contribution in [0.15, 0.2) is 30.3 Å². The van der Waals surface area contributed by atoms with Crippen molar-refractivity contribution in [3.05, 3.63) is 80.9 Å². The first-order valence-corrected chi connectivity index (χ1v) is 7.35. The normalized spacial score (nSPS) is 10.8. The molecule has 3 aromatic rings. The van der Waals surface area contributed by atoms with Crippen molar-refractivity contribution in [2.45, 2.75) is 0 Å². The Hall–Kier alpha value is -4.82. The van der Waals surface area contributed by atoms with Crippen LogP contribution in [0.25, 0.3) is 21.5 Å². The molecule has 0 atom stereocenters. The van der Waals surface area contributed by atoms with Crippen molar-refractivity contribution in [3.63, 3.8) is 0 Å². The van der Waals surface area contributed by atoms with E-state index in [9.17, 15) is 50.6 Å². The van der Waals surface area contributed by atoms with Gasteiger partial charge in [-0.3, -0.25) is 50.6 Å². The molecule has 0 radical (unpaired) electrons. The third-order valence-electron chi connectivity index (χ3n) is 4.11. The fraction of sp³-hybridized carbons (Fsp3) is 0. The average Bonchev–Trinajstić information content (AvgIpc) is 2.64. The lowest BCUT2D eigenvalue weighted by Gasteiger charge is -2.07. The van der Waals surface area contributed by atoms with E-state index in [1.165, 1.54) is 18.2 Å². The molecule has 0 aliphatic carbocycles. The van der Waals surface area contributed by atoms with Gasteiger partial charge in [-0.15, -0.1) is 0 Å². The molecule has 3 aromatic carbocycles. The number of fused-ring (bicyclic) bond motifs is 3. The first kappa shape index (κ1) is 19.0. The highest BCUT2D eigenvalue weighted by Gasteiger charge is 2.48. The lowest BCUT2D eigenvalue weighted by atomic mass is 9.96. The smallest absolute Gasteiger partial charge is 0.258 e. The van der Waals surface area contributed by atoms with E-state index in [4.69, 9.17) is 0 Å². The molecular formula is C14H5N5O10. The van der Waals surface area contributed by atoms with Gasteiger partial charge in [0.25, 0.3) is 5.69 Å². The highest BCUT2D eigenvalue weighted by atomic mass is 16.7. The number of non-ortho nitro benzene ring substituents is 1. The standard InChI is InChI=1S/C14H5N5O10/c20-15(21)9-5-8-10(7-4-2-1-3-6(7)9)12(17(24)25)14(19(28)29)13(18(26)27)11(8)16(22)23/h1-5H. The summed E-state index contributed by atoms with van der Waals surface area (Å²) in [7, 11) is 0. The molecule has 0 saturated carbocycles. The van der Waals surface area contributed by atoms with Gasteiger partial charge in [0.1, 0.15) is 0 Å². The van der Waals surface area contributed by atoms with Crippen LogP contribution in [0.1, 0.15) is 0 Å². The molecule has 0 spiro atoms. The summed E-state index contributed by atoms with van der Waals surface area (Å²) in [5.74, 6) is 0. The molecule has 0 heterocycles. The summed E-state index contributed by atoms with van der Waals surface area (Å²) in [6.07, 6.45) is 0. The van der Waals surface area contributed by atoms with E-state index in [0.717, 1.165) is 6.07 Å². The van der Waals surface area contributed by atoms with Crippen LogP contribution in [-0.4, -0.2) is 24.6 Å². The summed E-state index contributed by atoms with van der Waals surface area (Å²) in [5, 5.41) is 55.5. The van der Waals surface area contributed by atoms with Crippen LogP contribution in [0.3, 0.4) is 0 Å². The monoisotopic (exact) mass is 403 g/mol. The van der Waals surface area contributed by atoms with Crippen molar-refractivity contribution >= 4 is 50.0 Å². The number of hydrogen-bond donors (Lipinski definition) is 0. The van der Waals surface area contributed by atoms with Crippen LogP contribution < -0.4 is 0 Å². The summed E-state index contributed by atoms with van der Waals surface area (Å²) >= 11 is 0. The van der Waals surface area contributed by atoms with Gasteiger partial charge in [0.05, 0.1) is 40.8 Å². The van der Waals surface area contributed by atoms with Gasteiger partial charge < -0.3 is 0 Å². The fourth-order valence-electron chi connectivity index (χ4n) is 3.13. The minimum atomic E-state index is -1.73. The van der Waals surface area contributed by atoms with Crippen LogP contribution in [0, 0.1) is 50.6 Å². The van der Waals surface area contributed by atoms with Crippen molar-refractivity contribution < 1.29 is 24.6 Å². The largest absolute Gasteiger partial charge is 0.430 e. The highest BCUT2D eigenvalue weighted by molar-refractivity contribution is 6.21. The summed E-state index contributed by atoms with van der Waals surface area (Å²) in [4.78, 5) is 50.9. The summed E-state index contributed by atoms with van der Waals surface area (Å²) < 4.78 is 0. The van der Waals surface area contributed by atoms with Crippen molar-refractivity contribution in [2.24, 2.45) is 0 Å². The van der Waals surface area contributed by atoms with Gasteiger partial charge in [-0.2, -0.15) is 0 Å². The Morgan fingerprint density at radius 1 is 0.517 bits per heavy atom. The van der Waals surface area contributed by atoms with Gasteiger partial charge in [0.2, 0.25) is 0 Å². The maximum absolute atomic E-state index is 11.6. The van der Waals surface area contributed by atoms with Crippen LogP contribution in [-0.2, 0) is 0 Å². The molecule has 15 heteroatoms. The second-order valence-electron chi connectivity index (χ2n) is 5.54. The minimum Gasteiger partial charge on any atom is -0.258 e. The van der Waals surface area contributed by atoms with Crippen molar-refractivity contribution in [2.75, 3.05) is 0 Å². The molecule has 0 unspecified atom stereocenters. The zero-order valence-electron chi connectivity index (χ0n) is 13.7.